The minimum Gasteiger partial charge on any atom is -0.325 e. The molecule has 0 aliphatic rings. The Hall–Kier alpha value is -3.19. The van der Waals surface area contributed by atoms with E-state index in [1.807, 2.05) is 80.6 Å². The maximum atomic E-state index is 12.7. The zero-order chi connectivity index (χ0) is 19.5. The molecular weight excluding hydrogens is 370 g/mol. The second kappa shape index (κ2) is 7.82. The maximum Gasteiger partial charge on any atom is 0.237 e. The molecule has 0 fully saturated rings. The molecule has 28 heavy (non-hydrogen) atoms. The maximum absolute atomic E-state index is 12.7. The summed E-state index contributed by atoms with van der Waals surface area (Å²) in [5.41, 5.74) is 2.80. The molecule has 4 rings (SSSR count). The molecule has 3 aromatic carbocycles. The number of fused-ring (bicyclic) bond motifs is 1. The van der Waals surface area contributed by atoms with Crippen LogP contribution in [0, 0.1) is 6.92 Å². The SMILES string of the molecule is Cc1ccc(-n2nnnc2S[C@H](C)C(=O)Nc2ccc3ccccc3c2)cc1. The van der Waals surface area contributed by atoms with E-state index in [2.05, 4.69) is 20.8 Å². The largest absolute Gasteiger partial charge is 0.325 e. The van der Waals surface area contributed by atoms with Crippen LogP contribution in [-0.4, -0.2) is 31.4 Å². The number of thioether (sulfide) groups is 1. The Morgan fingerprint density at radius 3 is 2.57 bits per heavy atom. The molecule has 0 spiro atoms. The van der Waals surface area contributed by atoms with Crippen LogP contribution in [0.25, 0.3) is 16.5 Å². The topological polar surface area (TPSA) is 72.7 Å². The first kappa shape index (κ1) is 18.2. The van der Waals surface area contributed by atoms with Crippen LogP contribution in [-0.2, 0) is 4.79 Å². The number of amides is 1. The third-order valence-electron chi connectivity index (χ3n) is 4.39. The fourth-order valence-electron chi connectivity index (χ4n) is 2.82. The molecule has 0 aliphatic carbocycles. The summed E-state index contributed by atoms with van der Waals surface area (Å²) in [5, 5.41) is 17.3. The smallest absolute Gasteiger partial charge is 0.237 e. The van der Waals surface area contributed by atoms with Gasteiger partial charge in [-0.3, -0.25) is 4.79 Å². The van der Waals surface area contributed by atoms with Crippen LogP contribution in [0.5, 0.6) is 0 Å². The van der Waals surface area contributed by atoms with Crippen molar-refractivity contribution < 1.29 is 4.79 Å². The minimum atomic E-state index is -0.360. The summed E-state index contributed by atoms with van der Waals surface area (Å²) >= 11 is 1.32. The van der Waals surface area contributed by atoms with Crippen LogP contribution in [0.4, 0.5) is 5.69 Å². The van der Waals surface area contributed by atoms with E-state index in [1.165, 1.54) is 11.8 Å². The lowest BCUT2D eigenvalue weighted by Crippen LogP contribution is -2.22. The van der Waals surface area contributed by atoms with E-state index in [0.29, 0.717) is 5.16 Å². The molecule has 6 nitrogen and oxygen atoms in total. The van der Waals surface area contributed by atoms with Crippen molar-refractivity contribution >= 4 is 34.1 Å². The lowest BCUT2D eigenvalue weighted by atomic mass is 10.1. The van der Waals surface area contributed by atoms with E-state index < -0.39 is 0 Å². The molecule has 0 saturated heterocycles. The zero-order valence-corrected chi connectivity index (χ0v) is 16.4. The van der Waals surface area contributed by atoms with Gasteiger partial charge in [0, 0.05) is 5.69 Å². The average Bonchev–Trinajstić information content (AvgIpc) is 3.16. The second-order valence-electron chi connectivity index (χ2n) is 6.52. The van der Waals surface area contributed by atoms with Crippen LogP contribution in [0.2, 0.25) is 0 Å². The molecular formula is C21H19N5OS. The van der Waals surface area contributed by atoms with Gasteiger partial charge in [0.2, 0.25) is 11.1 Å². The quantitative estimate of drug-likeness (QED) is 0.517. The Bertz CT molecular complexity index is 1120. The van der Waals surface area contributed by atoms with Gasteiger partial charge in [-0.1, -0.05) is 59.8 Å². The van der Waals surface area contributed by atoms with E-state index in [9.17, 15) is 4.79 Å². The van der Waals surface area contributed by atoms with Crippen molar-refractivity contribution in [3.8, 4) is 5.69 Å². The van der Waals surface area contributed by atoms with Crippen LogP contribution < -0.4 is 5.32 Å². The molecule has 0 bridgehead atoms. The van der Waals surface area contributed by atoms with Crippen LogP contribution in [0.1, 0.15) is 12.5 Å². The molecule has 4 aromatic rings. The molecule has 140 valence electrons. The highest BCUT2D eigenvalue weighted by atomic mass is 32.2. The fourth-order valence-corrected chi connectivity index (χ4v) is 3.63. The Morgan fingerprint density at radius 1 is 1.04 bits per heavy atom. The van der Waals surface area contributed by atoms with Gasteiger partial charge in [0.25, 0.3) is 0 Å². The van der Waals surface area contributed by atoms with Crippen LogP contribution >= 0.6 is 11.8 Å². The summed E-state index contributed by atoms with van der Waals surface area (Å²) in [6.07, 6.45) is 0. The van der Waals surface area contributed by atoms with Crippen molar-refractivity contribution in [1.29, 1.82) is 0 Å². The molecule has 1 aromatic heterocycles. The predicted molar refractivity (Wildman–Crippen MR) is 112 cm³/mol. The Kier molecular flexibility index (Phi) is 5.08. The first-order chi connectivity index (χ1) is 13.6. The standard InChI is InChI=1S/C21H19N5OS/c1-14-7-11-19(12-8-14)26-21(23-24-25-26)28-15(2)20(27)22-18-10-9-16-5-3-4-6-17(16)13-18/h3-13,15H,1-2H3,(H,22,27)/t15-/m1/s1. The van der Waals surface area contributed by atoms with Gasteiger partial charge in [-0.25, -0.2) is 0 Å². The Balaban J connectivity index is 1.47. The van der Waals surface area contributed by atoms with E-state index in [0.717, 1.165) is 27.7 Å². The molecule has 0 unspecified atom stereocenters. The molecule has 1 N–H and O–H groups in total. The number of carbonyl (C=O) groups is 1. The molecule has 0 saturated carbocycles. The van der Waals surface area contributed by atoms with Crippen molar-refractivity contribution in [3.05, 3.63) is 72.3 Å². The van der Waals surface area contributed by atoms with Gasteiger partial charge in [0.05, 0.1) is 10.9 Å². The lowest BCUT2D eigenvalue weighted by molar-refractivity contribution is -0.115. The van der Waals surface area contributed by atoms with Gasteiger partial charge in [-0.05, 0) is 59.3 Å². The first-order valence-electron chi connectivity index (χ1n) is 8.92. The normalized spacial score (nSPS) is 12.1. The minimum absolute atomic E-state index is 0.0984. The molecule has 1 amide bonds. The summed E-state index contributed by atoms with van der Waals surface area (Å²) in [6, 6.07) is 21.8. The number of tetrazole rings is 1. The third kappa shape index (κ3) is 3.89. The van der Waals surface area contributed by atoms with Crippen molar-refractivity contribution in [2.24, 2.45) is 0 Å². The molecule has 0 aliphatic heterocycles. The van der Waals surface area contributed by atoms with Crippen molar-refractivity contribution in [2.45, 2.75) is 24.3 Å². The molecule has 7 heteroatoms. The van der Waals surface area contributed by atoms with Crippen LogP contribution in [0.15, 0.2) is 71.9 Å². The van der Waals surface area contributed by atoms with Crippen molar-refractivity contribution in [3.63, 3.8) is 0 Å². The zero-order valence-electron chi connectivity index (χ0n) is 15.5. The Labute approximate surface area is 167 Å². The monoisotopic (exact) mass is 389 g/mol. The van der Waals surface area contributed by atoms with E-state index in [1.54, 1.807) is 4.68 Å². The van der Waals surface area contributed by atoms with Crippen molar-refractivity contribution in [1.82, 2.24) is 20.2 Å². The second-order valence-corrected chi connectivity index (χ2v) is 7.83. The number of nitrogens with one attached hydrogen (secondary N) is 1. The summed E-state index contributed by atoms with van der Waals surface area (Å²) in [7, 11) is 0. The molecule has 0 radical (unpaired) electrons. The molecule has 1 atom stereocenters. The highest BCUT2D eigenvalue weighted by Crippen LogP contribution is 2.25. The number of benzene rings is 3. The number of anilines is 1. The highest BCUT2D eigenvalue weighted by molar-refractivity contribution is 8.00. The van der Waals surface area contributed by atoms with Gasteiger partial charge >= 0.3 is 0 Å². The van der Waals surface area contributed by atoms with Gasteiger partial charge in [0.15, 0.2) is 0 Å². The number of nitrogens with zero attached hydrogens (tertiary/aromatic N) is 4. The van der Waals surface area contributed by atoms with Gasteiger partial charge in [-0.15, -0.1) is 5.10 Å². The number of aromatic nitrogens is 4. The number of aryl methyl sites for hydroxylation is 1. The summed E-state index contributed by atoms with van der Waals surface area (Å²) in [4.78, 5) is 12.7. The molecule has 1 heterocycles. The summed E-state index contributed by atoms with van der Waals surface area (Å²) in [6.45, 7) is 3.87. The van der Waals surface area contributed by atoms with E-state index in [4.69, 9.17) is 0 Å². The van der Waals surface area contributed by atoms with Crippen molar-refractivity contribution in [2.75, 3.05) is 5.32 Å². The number of hydrogen-bond acceptors (Lipinski definition) is 5. The summed E-state index contributed by atoms with van der Waals surface area (Å²) < 4.78 is 1.64. The summed E-state index contributed by atoms with van der Waals surface area (Å²) in [5.74, 6) is -0.0984. The average molecular weight is 389 g/mol. The lowest BCUT2D eigenvalue weighted by Gasteiger charge is -2.12. The van der Waals surface area contributed by atoms with Crippen LogP contribution in [0.3, 0.4) is 0 Å². The van der Waals surface area contributed by atoms with Gasteiger partial charge in [0.1, 0.15) is 0 Å². The Morgan fingerprint density at radius 2 is 1.79 bits per heavy atom. The van der Waals surface area contributed by atoms with Gasteiger partial charge in [-0.2, -0.15) is 4.68 Å². The van der Waals surface area contributed by atoms with E-state index in [-0.39, 0.29) is 11.2 Å². The highest BCUT2D eigenvalue weighted by Gasteiger charge is 2.19. The van der Waals surface area contributed by atoms with Gasteiger partial charge < -0.3 is 5.32 Å². The third-order valence-corrected chi connectivity index (χ3v) is 5.42. The predicted octanol–water partition coefficient (Wildman–Crippen LogP) is 4.24. The number of rotatable bonds is 5. The van der Waals surface area contributed by atoms with E-state index >= 15 is 0 Å². The first-order valence-corrected chi connectivity index (χ1v) is 9.80. The number of hydrogen-bond donors (Lipinski definition) is 1. The number of carbonyl (C=O) groups excluding carboxylic acids is 1. The fraction of sp³-hybridized carbons (Fsp3) is 0.143.